The monoisotopic (exact) mass is 477 g/mol. The molecule has 0 radical (unpaired) electrons. The van der Waals surface area contributed by atoms with E-state index in [2.05, 4.69) is 27.0 Å². The lowest BCUT2D eigenvalue weighted by atomic mass is 10.2. The molecule has 32 heavy (non-hydrogen) atoms. The maximum absolute atomic E-state index is 13.2. The Morgan fingerprint density at radius 1 is 1.16 bits per heavy atom. The first-order valence-corrected chi connectivity index (χ1v) is 13.8. The highest BCUT2D eigenvalue weighted by Crippen LogP contribution is 2.40. The highest BCUT2D eigenvalue weighted by molar-refractivity contribution is 7.99. The second-order valence-electron chi connectivity index (χ2n) is 8.49. The number of thioether (sulfide) groups is 1. The fourth-order valence-electron chi connectivity index (χ4n) is 4.05. The fourth-order valence-corrected chi connectivity index (χ4v) is 6.63. The van der Waals surface area contributed by atoms with Crippen LogP contribution in [-0.2, 0) is 21.4 Å². The zero-order valence-corrected chi connectivity index (χ0v) is 20.3. The Labute approximate surface area is 194 Å². The van der Waals surface area contributed by atoms with Gasteiger partial charge in [0.2, 0.25) is 15.9 Å². The molecule has 2 aromatic rings. The van der Waals surface area contributed by atoms with Gasteiger partial charge in [0.15, 0.2) is 5.16 Å². The van der Waals surface area contributed by atoms with E-state index in [0.29, 0.717) is 30.3 Å². The predicted octanol–water partition coefficient (Wildman–Crippen LogP) is 3.78. The van der Waals surface area contributed by atoms with E-state index in [1.54, 1.807) is 29.4 Å². The molecule has 1 aliphatic carbocycles. The van der Waals surface area contributed by atoms with Gasteiger partial charge in [-0.05, 0) is 57.2 Å². The summed E-state index contributed by atoms with van der Waals surface area (Å²) in [6, 6.07) is 5.08. The first-order chi connectivity index (χ1) is 15.4. The van der Waals surface area contributed by atoms with E-state index < -0.39 is 10.0 Å². The second-order valence-corrected chi connectivity index (χ2v) is 11.3. The van der Waals surface area contributed by atoms with Gasteiger partial charge in [0.1, 0.15) is 5.82 Å². The molecule has 1 N–H and O–H groups in total. The van der Waals surface area contributed by atoms with E-state index in [4.69, 9.17) is 0 Å². The highest BCUT2D eigenvalue weighted by Gasteiger charge is 2.30. The summed E-state index contributed by atoms with van der Waals surface area (Å²) < 4.78 is 30.1. The van der Waals surface area contributed by atoms with Crippen molar-refractivity contribution in [2.24, 2.45) is 0 Å². The summed E-state index contributed by atoms with van der Waals surface area (Å²) >= 11 is 1.35. The quantitative estimate of drug-likeness (QED) is 0.581. The minimum atomic E-state index is -3.58. The average Bonchev–Trinajstić information content (AvgIpc) is 3.58. The summed E-state index contributed by atoms with van der Waals surface area (Å²) in [5.74, 6) is 1.50. The molecule has 1 aromatic heterocycles. The number of aromatic nitrogens is 3. The summed E-state index contributed by atoms with van der Waals surface area (Å²) in [7, 11) is -3.58. The number of amides is 1. The Balaban J connectivity index is 1.43. The van der Waals surface area contributed by atoms with Gasteiger partial charge in [-0.2, -0.15) is 4.31 Å². The van der Waals surface area contributed by atoms with Gasteiger partial charge in [-0.3, -0.25) is 4.79 Å². The van der Waals surface area contributed by atoms with Crippen LogP contribution in [0.25, 0.3) is 0 Å². The van der Waals surface area contributed by atoms with Crippen molar-refractivity contribution in [2.45, 2.75) is 74.9 Å². The number of nitrogens with one attached hydrogen (secondary N) is 1. The normalized spacial score (nSPS) is 17.8. The van der Waals surface area contributed by atoms with E-state index in [9.17, 15) is 13.2 Å². The Morgan fingerprint density at radius 2 is 1.88 bits per heavy atom. The molecule has 1 saturated heterocycles. The molecular weight excluding hydrogens is 446 g/mol. The standard InChI is InChI=1S/C22H31N5O3S2/c1-3-27-21(17-9-10-17)24-25-22(27)31-15-20(28)23-18-11-8-16(2)19(14-18)32(29,30)26-12-6-4-5-7-13-26/h8,11,14,17H,3-7,9-10,12-13,15H2,1-2H3,(H,23,28). The Bertz CT molecular complexity index is 1070. The predicted molar refractivity (Wildman–Crippen MR) is 125 cm³/mol. The molecule has 10 heteroatoms. The fraction of sp³-hybridized carbons (Fsp3) is 0.591. The molecule has 1 aromatic carbocycles. The summed E-state index contributed by atoms with van der Waals surface area (Å²) in [6.45, 7) is 5.73. The number of benzene rings is 1. The largest absolute Gasteiger partial charge is 0.325 e. The molecule has 1 aliphatic heterocycles. The minimum absolute atomic E-state index is 0.185. The number of hydrogen-bond donors (Lipinski definition) is 1. The van der Waals surface area contributed by atoms with Gasteiger partial charge in [0, 0.05) is 31.2 Å². The van der Waals surface area contributed by atoms with Gasteiger partial charge < -0.3 is 9.88 Å². The lowest BCUT2D eigenvalue weighted by Gasteiger charge is -2.21. The maximum atomic E-state index is 13.2. The third-order valence-electron chi connectivity index (χ3n) is 5.99. The second kappa shape index (κ2) is 9.93. The van der Waals surface area contributed by atoms with Gasteiger partial charge in [-0.25, -0.2) is 8.42 Å². The van der Waals surface area contributed by atoms with Crippen molar-refractivity contribution >= 4 is 33.4 Å². The van der Waals surface area contributed by atoms with Crippen LogP contribution in [0.4, 0.5) is 5.69 Å². The Kier molecular flexibility index (Phi) is 7.21. The van der Waals surface area contributed by atoms with Crippen LogP contribution in [-0.4, -0.2) is 52.2 Å². The molecule has 174 valence electrons. The summed E-state index contributed by atoms with van der Waals surface area (Å²) in [6.07, 6.45) is 6.20. The van der Waals surface area contributed by atoms with E-state index in [0.717, 1.165) is 56.1 Å². The number of carbonyl (C=O) groups is 1. The van der Waals surface area contributed by atoms with E-state index in [1.165, 1.54) is 11.8 Å². The van der Waals surface area contributed by atoms with Gasteiger partial charge in [0.25, 0.3) is 0 Å². The maximum Gasteiger partial charge on any atom is 0.243 e. The molecule has 1 saturated carbocycles. The van der Waals surface area contributed by atoms with Crippen LogP contribution >= 0.6 is 11.8 Å². The van der Waals surface area contributed by atoms with Crippen molar-refractivity contribution in [3.8, 4) is 0 Å². The molecule has 1 amide bonds. The lowest BCUT2D eigenvalue weighted by molar-refractivity contribution is -0.113. The third-order valence-corrected chi connectivity index (χ3v) is 9.00. The molecule has 2 heterocycles. The average molecular weight is 478 g/mol. The molecule has 0 atom stereocenters. The van der Waals surface area contributed by atoms with Gasteiger partial charge >= 0.3 is 0 Å². The first-order valence-electron chi connectivity index (χ1n) is 11.4. The van der Waals surface area contributed by atoms with Crippen LogP contribution in [0.15, 0.2) is 28.3 Å². The van der Waals surface area contributed by atoms with Crippen molar-refractivity contribution in [3.05, 3.63) is 29.6 Å². The summed E-state index contributed by atoms with van der Waals surface area (Å²) in [4.78, 5) is 12.9. The van der Waals surface area contributed by atoms with Crippen molar-refractivity contribution < 1.29 is 13.2 Å². The molecule has 2 aliphatic rings. The van der Waals surface area contributed by atoms with Crippen molar-refractivity contribution in [3.63, 3.8) is 0 Å². The van der Waals surface area contributed by atoms with Gasteiger partial charge in [-0.15, -0.1) is 10.2 Å². The summed E-state index contributed by atoms with van der Waals surface area (Å²) in [5.41, 5.74) is 1.18. The molecule has 8 nitrogen and oxygen atoms in total. The Morgan fingerprint density at radius 3 is 2.53 bits per heavy atom. The zero-order chi connectivity index (χ0) is 22.7. The first kappa shape index (κ1) is 23.3. The van der Waals surface area contributed by atoms with Gasteiger partial charge in [-0.1, -0.05) is 30.7 Å². The van der Waals surface area contributed by atoms with Crippen LogP contribution in [0, 0.1) is 6.92 Å². The number of anilines is 1. The number of carbonyl (C=O) groups excluding carboxylic acids is 1. The van der Waals surface area contributed by atoms with Crippen molar-refractivity contribution in [1.82, 2.24) is 19.1 Å². The smallest absolute Gasteiger partial charge is 0.243 e. The zero-order valence-electron chi connectivity index (χ0n) is 18.7. The lowest BCUT2D eigenvalue weighted by Crippen LogP contribution is -2.32. The highest BCUT2D eigenvalue weighted by atomic mass is 32.2. The SMILES string of the molecule is CCn1c(SCC(=O)Nc2ccc(C)c(S(=O)(=O)N3CCCCCC3)c2)nnc1C1CC1. The van der Waals surface area contributed by atoms with Crippen LogP contribution in [0.3, 0.4) is 0 Å². The minimum Gasteiger partial charge on any atom is -0.325 e. The topological polar surface area (TPSA) is 97.2 Å². The van der Waals surface area contributed by atoms with Gasteiger partial charge in [0.05, 0.1) is 10.6 Å². The number of aryl methyl sites for hydroxylation is 1. The van der Waals surface area contributed by atoms with Crippen LogP contribution in [0.1, 0.15) is 62.8 Å². The van der Waals surface area contributed by atoms with E-state index in [-0.39, 0.29) is 16.6 Å². The molecule has 0 unspecified atom stereocenters. The molecule has 4 rings (SSSR count). The van der Waals surface area contributed by atoms with Crippen LogP contribution in [0.2, 0.25) is 0 Å². The Hall–Kier alpha value is -1.91. The van der Waals surface area contributed by atoms with Crippen LogP contribution < -0.4 is 5.32 Å². The number of nitrogens with zero attached hydrogens (tertiary/aromatic N) is 4. The third kappa shape index (κ3) is 5.18. The van der Waals surface area contributed by atoms with Crippen molar-refractivity contribution in [1.29, 1.82) is 0 Å². The summed E-state index contributed by atoms with van der Waals surface area (Å²) in [5, 5.41) is 12.1. The number of hydrogen-bond acceptors (Lipinski definition) is 6. The molecule has 0 bridgehead atoms. The molecule has 0 spiro atoms. The number of rotatable bonds is 8. The van der Waals surface area contributed by atoms with Crippen molar-refractivity contribution in [2.75, 3.05) is 24.2 Å². The molecule has 2 fully saturated rings. The van der Waals surface area contributed by atoms with E-state index in [1.807, 2.05) is 0 Å². The van der Waals surface area contributed by atoms with Crippen LogP contribution in [0.5, 0.6) is 0 Å². The van der Waals surface area contributed by atoms with E-state index >= 15 is 0 Å². The number of sulfonamides is 1. The molecular formula is C22H31N5O3S2.